The summed E-state index contributed by atoms with van der Waals surface area (Å²) in [6.45, 7) is 1.84. The lowest BCUT2D eigenvalue weighted by molar-refractivity contribution is 0.102. The van der Waals surface area contributed by atoms with E-state index in [0.717, 1.165) is 16.1 Å². The van der Waals surface area contributed by atoms with Crippen LogP contribution in [0.2, 0.25) is 0 Å². The smallest absolute Gasteiger partial charge is 0.255 e. The highest BCUT2D eigenvalue weighted by atomic mass is 79.9. The van der Waals surface area contributed by atoms with Crippen LogP contribution in [0.3, 0.4) is 0 Å². The molecule has 0 aromatic heterocycles. The maximum atomic E-state index is 13.6. The molecule has 0 unspecified atom stereocenters. The van der Waals surface area contributed by atoms with Gasteiger partial charge in [0.2, 0.25) is 0 Å². The lowest BCUT2D eigenvalue weighted by Crippen LogP contribution is -2.14. The lowest BCUT2D eigenvalue weighted by atomic mass is 10.1. The van der Waals surface area contributed by atoms with Crippen LogP contribution in [0.5, 0.6) is 0 Å². The fraction of sp³-hybridized carbons (Fsp3) is 0.0714. The predicted molar refractivity (Wildman–Crippen MR) is 80.9 cm³/mol. The van der Waals surface area contributed by atoms with Crippen molar-refractivity contribution in [3.8, 4) is 0 Å². The molecule has 0 aliphatic rings. The first-order valence-electron chi connectivity index (χ1n) is 5.60. The number of halogens is 4. The van der Waals surface area contributed by atoms with E-state index >= 15 is 0 Å². The number of aryl methyl sites for hydroxylation is 1. The number of rotatable bonds is 2. The van der Waals surface area contributed by atoms with Crippen molar-refractivity contribution in [1.82, 2.24) is 0 Å². The zero-order valence-corrected chi connectivity index (χ0v) is 13.5. The van der Waals surface area contributed by atoms with E-state index in [9.17, 15) is 13.6 Å². The normalized spacial score (nSPS) is 10.4. The van der Waals surface area contributed by atoms with Crippen molar-refractivity contribution >= 4 is 43.5 Å². The second-order valence-electron chi connectivity index (χ2n) is 4.16. The van der Waals surface area contributed by atoms with Crippen molar-refractivity contribution in [2.24, 2.45) is 0 Å². The van der Waals surface area contributed by atoms with Gasteiger partial charge in [0.25, 0.3) is 5.91 Å². The van der Waals surface area contributed by atoms with Crippen LogP contribution in [0, 0.1) is 18.6 Å². The van der Waals surface area contributed by atoms with Gasteiger partial charge < -0.3 is 5.32 Å². The summed E-state index contributed by atoms with van der Waals surface area (Å²) in [4.78, 5) is 12.1. The molecule has 0 fully saturated rings. The van der Waals surface area contributed by atoms with Gasteiger partial charge in [-0.3, -0.25) is 4.79 Å². The van der Waals surface area contributed by atoms with Crippen molar-refractivity contribution in [3.05, 3.63) is 62.0 Å². The minimum absolute atomic E-state index is 0.0861. The Bertz CT molecular complexity index is 666. The van der Waals surface area contributed by atoms with Crippen LogP contribution in [0.25, 0.3) is 0 Å². The first kappa shape index (κ1) is 15.1. The number of amides is 1. The molecule has 0 saturated carbocycles. The molecule has 0 heterocycles. The second kappa shape index (κ2) is 6.01. The molecule has 2 rings (SSSR count). The molecule has 2 aromatic carbocycles. The summed E-state index contributed by atoms with van der Waals surface area (Å²) in [6.07, 6.45) is 0. The van der Waals surface area contributed by atoms with E-state index in [-0.39, 0.29) is 10.2 Å². The van der Waals surface area contributed by atoms with E-state index in [1.807, 2.05) is 6.92 Å². The Morgan fingerprint density at radius 2 is 1.80 bits per heavy atom. The molecule has 0 spiro atoms. The molecule has 0 radical (unpaired) electrons. The fourth-order valence-corrected chi connectivity index (χ4v) is 2.39. The molecule has 6 heteroatoms. The Morgan fingerprint density at radius 1 is 1.10 bits per heavy atom. The maximum Gasteiger partial charge on any atom is 0.255 e. The van der Waals surface area contributed by atoms with Crippen molar-refractivity contribution in [3.63, 3.8) is 0 Å². The number of anilines is 1. The van der Waals surface area contributed by atoms with Crippen molar-refractivity contribution in [1.29, 1.82) is 0 Å². The zero-order valence-electron chi connectivity index (χ0n) is 10.3. The summed E-state index contributed by atoms with van der Waals surface area (Å²) in [5.41, 5.74) is 1.19. The van der Waals surface area contributed by atoms with E-state index in [2.05, 4.69) is 37.2 Å². The molecule has 2 nitrogen and oxygen atoms in total. The summed E-state index contributed by atoms with van der Waals surface area (Å²) >= 11 is 6.36. The third-order valence-electron chi connectivity index (χ3n) is 2.67. The highest BCUT2D eigenvalue weighted by molar-refractivity contribution is 9.10. The van der Waals surface area contributed by atoms with Gasteiger partial charge in [-0.2, -0.15) is 0 Å². The van der Waals surface area contributed by atoms with Crippen molar-refractivity contribution < 1.29 is 13.6 Å². The van der Waals surface area contributed by atoms with E-state index < -0.39 is 17.5 Å². The summed E-state index contributed by atoms with van der Waals surface area (Å²) in [7, 11) is 0. The molecule has 0 bridgehead atoms. The van der Waals surface area contributed by atoms with Gasteiger partial charge in [-0.15, -0.1) is 0 Å². The number of hydrogen-bond acceptors (Lipinski definition) is 1. The van der Waals surface area contributed by atoms with Crippen molar-refractivity contribution in [2.75, 3.05) is 5.32 Å². The summed E-state index contributed by atoms with van der Waals surface area (Å²) in [6, 6.07) is 6.83. The van der Waals surface area contributed by atoms with Crippen LogP contribution >= 0.6 is 31.9 Å². The van der Waals surface area contributed by atoms with Crippen LogP contribution in [0.15, 0.2) is 39.3 Å². The molecule has 104 valence electrons. The zero-order chi connectivity index (χ0) is 14.9. The highest BCUT2D eigenvalue weighted by Crippen LogP contribution is 2.27. The van der Waals surface area contributed by atoms with Gasteiger partial charge in [-0.25, -0.2) is 8.78 Å². The number of benzene rings is 2. The Morgan fingerprint density at radius 3 is 2.40 bits per heavy atom. The Kier molecular flexibility index (Phi) is 4.55. The third kappa shape index (κ3) is 3.24. The molecular weight excluding hydrogens is 396 g/mol. The molecular formula is C14H9Br2F2NO. The standard InChI is InChI=1S/C14H9Br2F2NO/c1-7-4-8(2-3-10(7)15)14(20)19-13-11(16)5-9(17)6-12(13)18/h2-6H,1H3,(H,19,20). The molecule has 0 atom stereocenters. The van der Waals surface area contributed by atoms with Gasteiger partial charge in [0.15, 0.2) is 5.82 Å². The van der Waals surface area contributed by atoms with Gasteiger partial charge in [0.05, 0.1) is 5.69 Å². The van der Waals surface area contributed by atoms with Crippen LogP contribution < -0.4 is 5.32 Å². The molecule has 1 amide bonds. The van der Waals surface area contributed by atoms with Crippen LogP contribution in [-0.4, -0.2) is 5.91 Å². The average Bonchev–Trinajstić information content (AvgIpc) is 2.36. The molecule has 2 aromatic rings. The topological polar surface area (TPSA) is 29.1 Å². The summed E-state index contributed by atoms with van der Waals surface area (Å²) in [5.74, 6) is -2.02. The van der Waals surface area contributed by atoms with Crippen LogP contribution in [0.4, 0.5) is 14.5 Å². The van der Waals surface area contributed by atoms with Gasteiger partial charge >= 0.3 is 0 Å². The summed E-state index contributed by atoms with van der Waals surface area (Å²) in [5, 5.41) is 2.43. The van der Waals surface area contributed by atoms with E-state index in [1.165, 1.54) is 0 Å². The number of nitrogens with one attached hydrogen (secondary N) is 1. The fourth-order valence-electron chi connectivity index (χ4n) is 1.63. The number of hydrogen-bond donors (Lipinski definition) is 1. The monoisotopic (exact) mass is 403 g/mol. The number of carbonyl (C=O) groups excluding carboxylic acids is 1. The first-order chi connectivity index (χ1) is 9.38. The van der Waals surface area contributed by atoms with E-state index in [1.54, 1.807) is 18.2 Å². The Hall–Kier alpha value is -1.27. The molecule has 0 aliphatic heterocycles. The molecule has 0 saturated heterocycles. The molecule has 1 N–H and O–H groups in total. The highest BCUT2D eigenvalue weighted by Gasteiger charge is 2.14. The van der Waals surface area contributed by atoms with E-state index in [0.29, 0.717) is 11.6 Å². The van der Waals surface area contributed by atoms with Crippen LogP contribution in [-0.2, 0) is 0 Å². The average molecular weight is 405 g/mol. The lowest BCUT2D eigenvalue weighted by Gasteiger charge is -2.09. The van der Waals surface area contributed by atoms with Crippen molar-refractivity contribution in [2.45, 2.75) is 6.92 Å². The first-order valence-corrected chi connectivity index (χ1v) is 7.19. The van der Waals surface area contributed by atoms with Gasteiger partial charge in [-0.1, -0.05) is 15.9 Å². The molecule has 0 aliphatic carbocycles. The summed E-state index contributed by atoms with van der Waals surface area (Å²) < 4.78 is 27.6. The van der Waals surface area contributed by atoms with Crippen LogP contribution in [0.1, 0.15) is 15.9 Å². The Balaban J connectivity index is 2.30. The van der Waals surface area contributed by atoms with Gasteiger partial charge in [-0.05, 0) is 52.7 Å². The van der Waals surface area contributed by atoms with Gasteiger partial charge in [0, 0.05) is 20.6 Å². The largest absolute Gasteiger partial charge is 0.319 e. The minimum atomic E-state index is -0.834. The predicted octanol–water partition coefficient (Wildman–Crippen LogP) is 5.05. The minimum Gasteiger partial charge on any atom is -0.319 e. The second-order valence-corrected chi connectivity index (χ2v) is 5.87. The number of carbonyl (C=O) groups is 1. The molecule has 20 heavy (non-hydrogen) atoms. The third-order valence-corrected chi connectivity index (χ3v) is 4.18. The van der Waals surface area contributed by atoms with E-state index in [4.69, 9.17) is 0 Å². The maximum absolute atomic E-state index is 13.6. The van der Waals surface area contributed by atoms with Gasteiger partial charge in [0.1, 0.15) is 5.82 Å². The Labute approximate surface area is 131 Å². The quantitative estimate of drug-likeness (QED) is 0.745. The SMILES string of the molecule is Cc1cc(C(=O)Nc2c(F)cc(F)cc2Br)ccc1Br.